The summed E-state index contributed by atoms with van der Waals surface area (Å²) in [5.74, 6) is -0.823. The van der Waals surface area contributed by atoms with Gasteiger partial charge in [-0.05, 0) is 83.4 Å². The topological polar surface area (TPSA) is 117 Å². The second-order valence-corrected chi connectivity index (χ2v) is 11.8. The maximum atomic E-state index is 13.5. The highest BCUT2D eigenvalue weighted by Gasteiger charge is 2.47. The van der Waals surface area contributed by atoms with E-state index in [0.717, 1.165) is 23.8 Å². The summed E-state index contributed by atoms with van der Waals surface area (Å²) in [5, 5.41) is 1.84. The van der Waals surface area contributed by atoms with E-state index in [1.807, 2.05) is 12.1 Å². The minimum atomic E-state index is -4.41. The molecule has 2 aliphatic rings. The van der Waals surface area contributed by atoms with Crippen LogP contribution in [-0.2, 0) is 29.2 Å². The first-order valence-electron chi connectivity index (χ1n) is 12.6. The average Bonchev–Trinajstić information content (AvgIpc) is 3.58. The number of hydrogen-bond donors (Lipinski definition) is 0. The molecule has 2 saturated heterocycles. The molecule has 39 heavy (non-hydrogen) atoms. The molecular weight excluding hydrogens is 544 g/mol. The second kappa shape index (κ2) is 10.9. The van der Waals surface area contributed by atoms with Gasteiger partial charge in [0.25, 0.3) is 10.0 Å². The summed E-state index contributed by atoms with van der Waals surface area (Å²) in [6.45, 7) is 2.31. The van der Waals surface area contributed by atoms with E-state index >= 15 is 0 Å². The Balaban J connectivity index is 1.37. The number of halogens is 1. The summed E-state index contributed by atoms with van der Waals surface area (Å²) in [7, 11) is -4.41. The molecule has 1 aromatic heterocycles. The van der Waals surface area contributed by atoms with Crippen molar-refractivity contribution < 1.29 is 27.6 Å². The van der Waals surface area contributed by atoms with Crippen LogP contribution < -0.4 is 0 Å². The summed E-state index contributed by atoms with van der Waals surface area (Å²) >= 11 is 6.03. The predicted molar refractivity (Wildman–Crippen MR) is 143 cm³/mol. The number of fused-ring (bicyclic) bond motifs is 1. The summed E-state index contributed by atoms with van der Waals surface area (Å²) in [6.07, 6.45) is 5.05. The van der Waals surface area contributed by atoms with E-state index in [2.05, 4.69) is 4.98 Å². The Bertz CT molecular complexity index is 1520. The van der Waals surface area contributed by atoms with Gasteiger partial charge in [-0.15, -0.1) is 0 Å². The van der Waals surface area contributed by atoms with Crippen molar-refractivity contribution in [2.75, 3.05) is 13.1 Å². The third-order valence-corrected chi connectivity index (χ3v) is 9.27. The van der Waals surface area contributed by atoms with E-state index in [4.69, 9.17) is 16.4 Å². The monoisotopic (exact) mass is 570 g/mol. The van der Waals surface area contributed by atoms with Crippen molar-refractivity contribution in [3.63, 3.8) is 0 Å². The van der Waals surface area contributed by atoms with Gasteiger partial charge < -0.3 is 14.6 Å². The molecule has 2 aliphatic heterocycles. The Morgan fingerprint density at radius 2 is 1.82 bits per heavy atom. The minimum Gasteiger partial charge on any atom is -0.355 e. The first kappa shape index (κ1) is 27.0. The van der Waals surface area contributed by atoms with Gasteiger partial charge in [0.15, 0.2) is 0 Å². The number of hydrogen-bond acceptors (Lipinski definition) is 7. The Kier molecular flexibility index (Phi) is 7.57. The van der Waals surface area contributed by atoms with Crippen molar-refractivity contribution in [1.29, 1.82) is 0 Å². The molecule has 2 aromatic carbocycles. The highest BCUT2D eigenvalue weighted by Crippen LogP contribution is 2.34. The maximum Gasteiger partial charge on any atom is 0.314 e. The van der Waals surface area contributed by atoms with E-state index in [1.54, 1.807) is 48.5 Å². The molecule has 0 radical (unpaired) electrons. The molecule has 10 nitrogen and oxygen atoms in total. The van der Waals surface area contributed by atoms with Gasteiger partial charge in [-0.3, -0.25) is 19.4 Å². The van der Waals surface area contributed by atoms with E-state index < -0.39 is 28.0 Å². The SMILES string of the molecule is C[C@@H](C(=O)N1CCCC1c1ccncc1)N1CCC(N(OC=O)S(=O)(=O)c2ccc3cc(Cl)ccc3c2)C1=O. The summed E-state index contributed by atoms with van der Waals surface area (Å²) in [6, 6.07) is 10.9. The fraction of sp³-hybridized carbons (Fsp3) is 0.333. The smallest absolute Gasteiger partial charge is 0.314 e. The van der Waals surface area contributed by atoms with Crippen LogP contribution in [0.4, 0.5) is 0 Å². The molecule has 0 aliphatic carbocycles. The Morgan fingerprint density at radius 1 is 1.10 bits per heavy atom. The van der Waals surface area contributed by atoms with E-state index in [1.165, 1.54) is 17.0 Å². The number of carbonyl (C=O) groups is 3. The lowest BCUT2D eigenvalue weighted by atomic mass is 10.1. The fourth-order valence-corrected chi connectivity index (χ4v) is 6.98. The van der Waals surface area contributed by atoms with Crippen LogP contribution in [0.3, 0.4) is 0 Å². The van der Waals surface area contributed by atoms with Gasteiger partial charge in [0, 0.05) is 30.5 Å². The highest BCUT2D eigenvalue weighted by atomic mass is 35.5. The highest BCUT2D eigenvalue weighted by molar-refractivity contribution is 7.89. The van der Waals surface area contributed by atoms with Crippen LogP contribution in [0.5, 0.6) is 0 Å². The van der Waals surface area contributed by atoms with Crippen LogP contribution in [0.15, 0.2) is 65.8 Å². The number of benzene rings is 2. The summed E-state index contributed by atoms with van der Waals surface area (Å²) < 4.78 is 27.6. The van der Waals surface area contributed by atoms with Crippen molar-refractivity contribution in [3.05, 3.63) is 71.5 Å². The van der Waals surface area contributed by atoms with Crippen molar-refractivity contribution in [1.82, 2.24) is 19.3 Å². The molecule has 12 heteroatoms. The minimum absolute atomic E-state index is 0.0214. The quantitative estimate of drug-likeness (QED) is 0.301. The fourth-order valence-electron chi connectivity index (χ4n) is 5.40. The molecule has 204 valence electrons. The second-order valence-electron chi connectivity index (χ2n) is 9.60. The van der Waals surface area contributed by atoms with Crippen LogP contribution in [0.1, 0.15) is 37.8 Å². The van der Waals surface area contributed by atoms with Crippen LogP contribution in [0.2, 0.25) is 5.02 Å². The van der Waals surface area contributed by atoms with E-state index in [9.17, 15) is 22.8 Å². The van der Waals surface area contributed by atoms with Crippen LogP contribution in [0, 0.1) is 0 Å². The van der Waals surface area contributed by atoms with Crippen LogP contribution >= 0.6 is 11.6 Å². The number of aromatic nitrogens is 1. The number of hydroxylamine groups is 1. The van der Waals surface area contributed by atoms with Gasteiger partial charge in [-0.25, -0.2) is 8.42 Å². The number of sulfonamides is 1. The van der Waals surface area contributed by atoms with Crippen LogP contribution in [-0.4, -0.2) is 71.1 Å². The molecule has 0 N–H and O–H groups in total. The molecule has 0 bridgehead atoms. The molecule has 5 rings (SSSR count). The molecule has 3 heterocycles. The third-order valence-electron chi connectivity index (χ3n) is 7.37. The molecule has 0 spiro atoms. The lowest BCUT2D eigenvalue weighted by Gasteiger charge is -2.32. The Morgan fingerprint density at radius 3 is 2.56 bits per heavy atom. The number of amides is 2. The van der Waals surface area contributed by atoms with Crippen molar-refractivity contribution >= 4 is 50.7 Å². The zero-order valence-electron chi connectivity index (χ0n) is 21.1. The van der Waals surface area contributed by atoms with E-state index in [0.29, 0.717) is 21.4 Å². The third kappa shape index (κ3) is 5.09. The number of carbonyl (C=O) groups excluding carboxylic acids is 3. The normalized spacial score (nSPS) is 20.5. The van der Waals surface area contributed by atoms with Gasteiger partial charge in [0.05, 0.1) is 10.9 Å². The van der Waals surface area contributed by atoms with Gasteiger partial charge in [-0.1, -0.05) is 23.7 Å². The van der Waals surface area contributed by atoms with Gasteiger partial charge >= 0.3 is 6.47 Å². The molecule has 0 saturated carbocycles. The summed E-state index contributed by atoms with van der Waals surface area (Å²) in [5.41, 5.74) is 0.975. The number of pyridine rings is 1. The number of nitrogens with zero attached hydrogens (tertiary/aromatic N) is 4. The molecule has 2 unspecified atom stereocenters. The average molecular weight is 571 g/mol. The van der Waals surface area contributed by atoms with Crippen molar-refractivity contribution in [2.24, 2.45) is 0 Å². The molecule has 3 aromatic rings. The van der Waals surface area contributed by atoms with Gasteiger partial charge in [0.2, 0.25) is 11.8 Å². The summed E-state index contributed by atoms with van der Waals surface area (Å²) in [4.78, 5) is 50.3. The first-order chi connectivity index (χ1) is 18.7. The van der Waals surface area contributed by atoms with E-state index in [-0.39, 0.29) is 36.3 Å². The standard InChI is InChI=1S/C27H27ClN4O6S/c1-18(26(34)31-13-2-3-24(31)19-8-11-29-12-9-19)30-14-10-25(27(30)35)32(38-17-33)39(36,37)23-7-5-20-15-22(28)6-4-21(20)16-23/h4-9,11-12,15-18,24-25H,2-3,10,13-14H2,1H3/t18-,24?,25?/m0/s1. The van der Waals surface area contributed by atoms with Gasteiger partial charge in [0.1, 0.15) is 12.1 Å². The largest absolute Gasteiger partial charge is 0.355 e. The van der Waals surface area contributed by atoms with Gasteiger partial charge in [-0.2, -0.15) is 0 Å². The zero-order chi connectivity index (χ0) is 27.7. The Labute approximate surface area is 231 Å². The number of rotatable bonds is 8. The number of likely N-dealkylation sites (tertiary alicyclic amines) is 2. The predicted octanol–water partition coefficient (Wildman–Crippen LogP) is 3.32. The maximum absolute atomic E-state index is 13.5. The lowest BCUT2D eigenvalue weighted by Crippen LogP contribution is -2.51. The first-order valence-corrected chi connectivity index (χ1v) is 14.4. The van der Waals surface area contributed by atoms with Crippen LogP contribution in [0.25, 0.3) is 10.8 Å². The van der Waals surface area contributed by atoms with Crippen molar-refractivity contribution in [3.8, 4) is 0 Å². The molecule has 3 atom stereocenters. The van der Waals surface area contributed by atoms with Crippen molar-refractivity contribution in [2.45, 2.75) is 49.2 Å². The molecule has 2 fully saturated rings. The molecular formula is C27H27ClN4O6S. The Hall–Kier alpha value is -3.54. The zero-order valence-corrected chi connectivity index (χ0v) is 22.7. The lowest BCUT2D eigenvalue weighted by molar-refractivity contribution is -0.163. The molecule has 2 amide bonds.